The van der Waals surface area contributed by atoms with E-state index in [0.29, 0.717) is 0 Å². The van der Waals surface area contributed by atoms with E-state index in [2.05, 4.69) is 5.10 Å². The summed E-state index contributed by atoms with van der Waals surface area (Å²) in [6.07, 6.45) is 0.758. The summed E-state index contributed by atoms with van der Waals surface area (Å²) >= 11 is 0. The number of rotatable bonds is 2. The third-order valence-electron chi connectivity index (χ3n) is 1.32. The number of hydrogen-bond acceptors (Lipinski definition) is 3. The zero-order valence-corrected chi connectivity index (χ0v) is 6.19. The number of hydrogen-bond donors (Lipinski definition) is 2. The van der Waals surface area contributed by atoms with Gasteiger partial charge in [0.2, 0.25) is 0 Å². The number of primary amides is 1. The van der Waals surface area contributed by atoms with Crippen LogP contribution in [0.3, 0.4) is 0 Å². The third-order valence-corrected chi connectivity index (χ3v) is 1.32. The second-order valence-electron chi connectivity index (χ2n) is 2.28. The van der Waals surface area contributed by atoms with Crippen molar-refractivity contribution >= 4 is 5.91 Å². The Morgan fingerprint density at radius 2 is 2.45 bits per heavy atom. The molecule has 1 atom stereocenters. The number of carbonyl (C=O) groups excluding carboxylic acids is 1. The average Bonchev–Trinajstić information content (AvgIpc) is 2.34. The monoisotopic (exact) mass is 154 g/mol. The van der Waals surface area contributed by atoms with E-state index < -0.39 is 12.1 Å². The molecule has 0 aliphatic heterocycles. The zero-order valence-electron chi connectivity index (χ0n) is 6.19. The SMILES string of the molecule is Cc1ccn(C(N)C(N)=O)n1. The lowest BCUT2D eigenvalue weighted by molar-refractivity contribution is -0.121. The van der Waals surface area contributed by atoms with Gasteiger partial charge in [-0.3, -0.25) is 4.79 Å². The average molecular weight is 154 g/mol. The first-order chi connectivity index (χ1) is 5.11. The zero-order chi connectivity index (χ0) is 8.43. The van der Waals surface area contributed by atoms with Gasteiger partial charge in [0, 0.05) is 6.20 Å². The van der Waals surface area contributed by atoms with Crippen molar-refractivity contribution in [2.75, 3.05) is 0 Å². The summed E-state index contributed by atoms with van der Waals surface area (Å²) in [5.41, 5.74) is 11.1. The molecule has 4 N–H and O–H groups in total. The van der Waals surface area contributed by atoms with E-state index in [4.69, 9.17) is 11.5 Å². The molecule has 11 heavy (non-hydrogen) atoms. The Labute approximate surface area is 64.0 Å². The van der Waals surface area contributed by atoms with Crippen LogP contribution < -0.4 is 11.5 Å². The third kappa shape index (κ3) is 1.56. The van der Waals surface area contributed by atoms with E-state index in [1.807, 2.05) is 6.92 Å². The molecule has 1 rings (SSSR count). The van der Waals surface area contributed by atoms with Crippen LogP contribution in [0, 0.1) is 6.92 Å². The van der Waals surface area contributed by atoms with E-state index >= 15 is 0 Å². The summed E-state index contributed by atoms with van der Waals surface area (Å²) in [4.78, 5) is 10.5. The number of aromatic nitrogens is 2. The Balaban J connectivity index is 2.84. The van der Waals surface area contributed by atoms with Crippen LogP contribution in [-0.2, 0) is 4.79 Å². The Hall–Kier alpha value is -1.36. The van der Waals surface area contributed by atoms with Gasteiger partial charge in [0.15, 0.2) is 6.17 Å². The van der Waals surface area contributed by atoms with Crippen molar-refractivity contribution in [2.24, 2.45) is 11.5 Å². The molecule has 0 radical (unpaired) electrons. The molecule has 5 heteroatoms. The maximum atomic E-state index is 10.5. The normalized spacial score (nSPS) is 12.9. The molecule has 5 nitrogen and oxygen atoms in total. The van der Waals surface area contributed by atoms with Gasteiger partial charge >= 0.3 is 0 Å². The number of nitrogens with two attached hydrogens (primary N) is 2. The number of carbonyl (C=O) groups is 1. The van der Waals surface area contributed by atoms with Crippen molar-refractivity contribution in [3.63, 3.8) is 0 Å². The van der Waals surface area contributed by atoms with Crippen molar-refractivity contribution in [1.82, 2.24) is 9.78 Å². The summed E-state index contributed by atoms with van der Waals surface area (Å²) in [6, 6.07) is 1.75. The molecule has 1 amide bonds. The van der Waals surface area contributed by atoms with Gasteiger partial charge in [0.1, 0.15) is 0 Å². The number of nitrogens with zero attached hydrogens (tertiary/aromatic N) is 2. The molecule has 0 saturated carbocycles. The molecule has 0 aromatic carbocycles. The highest BCUT2D eigenvalue weighted by atomic mass is 16.1. The topological polar surface area (TPSA) is 86.9 Å². The largest absolute Gasteiger partial charge is 0.367 e. The minimum Gasteiger partial charge on any atom is -0.367 e. The molecule has 0 aliphatic carbocycles. The fourth-order valence-corrected chi connectivity index (χ4v) is 0.718. The lowest BCUT2D eigenvalue weighted by Crippen LogP contribution is -2.33. The molecule has 1 heterocycles. The van der Waals surface area contributed by atoms with Gasteiger partial charge in [-0.2, -0.15) is 5.10 Å². The lowest BCUT2D eigenvalue weighted by atomic mass is 10.5. The molecule has 0 fully saturated rings. The summed E-state index contributed by atoms with van der Waals surface area (Å²) in [5.74, 6) is -0.590. The molecule has 1 unspecified atom stereocenters. The molecule has 1 aromatic heterocycles. The predicted octanol–water partition coefficient (Wildman–Crippen LogP) is -0.866. The maximum absolute atomic E-state index is 10.5. The second-order valence-corrected chi connectivity index (χ2v) is 2.28. The van der Waals surface area contributed by atoms with Crippen molar-refractivity contribution in [3.05, 3.63) is 18.0 Å². The van der Waals surface area contributed by atoms with E-state index in [0.717, 1.165) is 5.69 Å². The van der Waals surface area contributed by atoms with Crippen molar-refractivity contribution < 1.29 is 4.79 Å². The van der Waals surface area contributed by atoms with Gasteiger partial charge in [-0.25, -0.2) is 4.68 Å². The molecular weight excluding hydrogens is 144 g/mol. The Morgan fingerprint density at radius 1 is 1.82 bits per heavy atom. The Bertz CT molecular complexity index is 267. The van der Waals surface area contributed by atoms with Gasteiger partial charge in [0.25, 0.3) is 5.91 Å². The minimum absolute atomic E-state index is 0.590. The Kier molecular flexibility index (Phi) is 1.91. The minimum atomic E-state index is -0.858. The van der Waals surface area contributed by atoms with Gasteiger partial charge in [0.05, 0.1) is 5.69 Å². The first-order valence-electron chi connectivity index (χ1n) is 3.18. The fourth-order valence-electron chi connectivity index (χ4n) is 0.718. The van der Waals surface area contributed by atoms with E-state index in [-0.39, 0.29) is 0 Å². The van der Waals surface area contributed by atoms with Crippen LogP contribution in [-0.4, -0.2) is 15.7 Å². The first kappa shape index (κ1) is 7.74. The summed E-state index contributed by atoms with van der Waals surface area (Å²) in [5, 5.41) is 3.92. The predicted molar refractivity (Wildman–Crippen MR) is 39.4 cm³/mol. The van der Waals surface area contributed by atoms with Crippen molar-refractivity contribution in [1.29, 1.82) is 0 Å². The van der Waals surface area contributed by atoms with E-state index in [1.165, 1.54) is 4.68 Å². The van der Waals surface area contributed by atoms with Crippen LogP contribution in [0.15, 0.2) is 12.3 Å². The first-order valence-corrected chi connectivity index (χ1v) is 3.18. The number of amides is 1. The standard InChI is InChI=1S/C6H10N4O/c1-4-2-3-10(9-4)5(7)6(8)11/h2-3,5H,7H2,1H3,(H2,8,11). The fraction of sp³-hybridized carbons (Fsp3) is 0.333. The van der Waals surface area contributed by atoms with Crippen molar-refractivity contribution in [2.45, 2.75) is 13.1 Å². The van der Waals surface area contributed by atoms with Crippen LogP contribution >= 0.6 is 0 Å². The molecule has 60 valence electrons. The Morgan fingerprint density at radius 3 is 2.82 bits per heavy atom. The van der Waals surface area contributed by atoms with Crippen molar-refractivity contribution in [3.8, 4) is 0 Å². The van der Waals surface area contributed by atoms with Crippen LogP contribution in [0.4, 0.5) is 0 Å². The highest BCUT2D eigenvalue weighted by Gasteiger charge is 2.10. The summed E-state index contributed by atoms with van der Waals surface area (Å²) < 4.78 is 1.33. The summed E-state index contributed by atoms with van der Waals surface area (Å²) in [7, 11) is 0. The second kappa shape index (κ2) is 2.71. The molecule has 1 aromatic rings. The smallest absolute Gasteiger partial charge is 0.256 e. The van der Waals surface area contributed by atoms with Gasteiger partial charge in [-0.1, -0.05) is 0 Å². The quantitative estimate of drug-likeness (QED) is 0.580. The van der Waals surface area contributed by atoms with Crippen LogP contribution in [0.2, 0.25) is 0 Å². The van der Waals surface area contributed by atoms with E-state index in [1.54, 1.807) is 12.3 Å². The maximum Gasteiger partial charge on any atom is 0.256 e. The van der Waals surface area contributed by atoms with Gasteiger partial charge in [-0.05, 0) is 13.0 Å². The van der Waals surface area contributed by atoms with Crippen LogP contribution in [0.25, 0.3) is 0 Å². The van der Waals surface area contributed by atoms with Crippen LogP contribution in [0.1, 0.15) is 11.9 Å². The van der Waals surface area contributed by atoms with E-state index in [9.17, 15) is 4.79 Å². The molecule has 0 bridgehead atoms. The highest BCUT2D eigenvalue weighted by molar-refractivity contribution is 5.77. The number of aryl methyl sites for hydroxylation is 1. The molecule has 0 saturated heterocycles. The highest BCUT2D eigenvalue weighted by Crippen LogP contribution is 1.98. The van der Waals surface area contributed by atoms with Gasteiger partial charge in [-0.15, -0.1) is 0 Å². The van der Waals surface area contributed by atoms with Crippen LogP contribution in [0.5, 0.6) is 0 Å². The molecule has 0 spiro atoms. The lowest BCUT2D eigenvalue weighted by Gasteiger charge is -2.06. The molecule has 0 aliphatic rings. The van der Waals surface area contributed by atoms with Gasteiger partial charge < -0.3 is 11.5 Å². The molecular formula is C6H10N4O. The summed E-state index contributed by atoms with van der Waals surface area (Å²) in [6.45, 7) is 1.81.